The molecule has 1 rings (SSSR count). The van der Waals surface area contributed by atoms with Crippen molar-refractivity contribution in [3.05, 3.63) is 17.7 Å². The summed E-state index contributed by atoms with van der Waals surface area (Å²) in [7, 11) is 4.65. The lowest BCUT2D eigenvalue weighted by molar-refractivity contribution is 0.0489. The number of nitrogens with one attached hydrogen (secondary N) is 2. The smallest absolute Gasteiger partial charge is 0.422 e. The molecule has 23 heavy (non-hydrogen) atoms. The lowest BCUT2D eigenvalue weighted by atomic mass is 10.1. The van der Waals surface area contributed by atoms with Crippen molar-refractivity contribution in [1.29, 1.82) is 0 Å². The molecule has 0 aliphatic heterocycles. The molecule has 2 N–H and O–H groups in total. The zero-order valence-electron chi connectivity index (χ0n) is 14.8. The first-order chi connectivity index (χ1) is 10.7. The lowest BCUT2D eigenvalue weighted by Gasteiger charge is -2.22. The zero-order chi connectivity index (χ0) is 17.6. The summed E-state index contributed by atoms with van der Waals surface area (Å²) >= 11 is 0. The van der Waals surface area contributed by atoms with Crippen LogP contribution in [0.1, 0.15) is 39.3 Å². The van der Waals surface area contributed by atoms with Crippen molar-refractivity contribution >= 4 is 6.09 Å². The van der Waals surface area contributed by atoms with E-state index in [9.17, 15) is 4.79 Å². The zero-order valence-corrected chi connectivity index (χ0v) is 14.8. The van der Waals surface area contributed by atoms with Crippen LogP contribution in [0.25, 0.3) is 0 Å². The second-order valence-electron chi connectivity index (χ2n) is 5.95. The van der Waals surface area contributed by atoms with Gasteiger partial charge >= 0.3 is 6.09 Å². The van der Waals surface area contributed by atoms with E-state index in [1.165, 1.54) is 0 Å². The molecule has 0 bridgehead atoms. The van der Waals surface area contributed by atoms with Gasteiger partial charge < -0.3 is 18.9 Å². The number of hydrazine groups is 1. The number of benzene rings is 1. The highest BCUT2D eigenvalue weighted by molar-refractivity contribution is 5.67. The maximum Gasteiger partial charge on any atom is 0.422 e. The Morgan fingerprint density at radius 1 is 1.04 bits per heavy atom. The van der Waals surface area contributed by atoms with Gasteiger partial charge in [-0.1, -0.05) is 0 Å². The molecule has 0 heterocycles. The monoisotopic (exact) mass is 326 g/mol. The second kappa shape index (κ2) is 7.92. The molecule has 0 spiro atoms. The van der Waals surface area contributed by atoms with Crippen molar-refractivity contribution in [1.82, 2.24) is 10.9 Å². The Bertz CT molecular complexity index is 515. The molecule has 0 aromatic heterocycles. The Kier molecular flexibility index (Phi) is 6.50. The number of carbonyl (C=O) groups excluding carboxylic acids is 1. The summed E-state index contributed by atoms with van der Waals surface area (Å²) in [5.41, 5.74) is 5.70. The maximum atomic E-state index is 11.7. The molecule has 0 fully saturated rings. The van der Waals surface area contributed by atoms with E-state index in [4.69, 9.17) is 18.9 Å². The van der Waals surface area contributed by atoms with E-state index in [0.29, 0.717) is 17.2 Å². The summed E-state index contributed by atoms with van der Waals surface area (Å²) in [6.07, 6.45) is -0.545. The van der Waals surface area contributed by atoms with Crippen LogP contribution in [0.5, 0.6) is 17.2 Å². The Morgan fingerprint density at radius 2 is 1.57 bits per heavy atom. The van der Waals surface area contributed by atoms with Gasteiger partial charge in [-0.3, -0.25) is 5.43 Å². The average molecular weight is 326 g/mol. The topological polar surface area (TPSA) is 78.1 Å². The van der Waals surface area contributed by atoms with Gasteiger partial charge in [0.15, 0.2) is 11.5 Å². The largest absolute Gasteiger partial charge is 0.493 e. The van der Waals surface area contributed by atoms with E-state index in [1.54, 1.807) is 42.1 Å². The minimum absolute atomic E-state index is 0.198. The van der Waals surface area contributed by atoms with Gasteiger partial charge in [0.05, 0.1) is 21.3 Å². The summed E-state index contributed by atoms with van der Waals surface area (Å²) in [6.45, 7) is 7.29. The fourth-order valence-electron chi connectivity index (χ4n) is 1.91. The molecule has 1 amide bonds. The first kappa shape index (κ1) is 18.9. The first-order valence-electron chi connectivity index (χ1n) is 7.26. The van der Waals surface area contributed by atoms with E-state index in [1.807, 2.05) is 19.1 Å². The number of carbonyl (C=O) groups is 1. The van der Waals surface area contributed by atoms with E-state index in [0.717, 1.165) is 5.56 Å². The third kappa shape index (κ3) is 5.52. The van der Waals surface area contributed by atoms with Crippen LogP contribution in [0.3, 0.4) is 0 Å². The van der Waals surface area contributed by atoms with Crippen LogP contribution >= 0.6 is 0 Å². The normalized spacial score (nSPS) is 12.3. The van der Waals surface area contributed by atoms with Gasteiger partial charge in [0, 0.05) is 6.04 Å². The van der Waals surface area contributed by atoms with Gasteiger partial charge in [-0.25, -0.2) is 10.2 Å². The van der Waals surface area contributed by atoms with Crippen LogP contribution in [-0.2, 0) is 4.74 Å². The van der Waals surface area contributed by atoms with Crippen molar-refractivity contribution in [2.24, 2.45) is 0 Å². The molecule has 0 saturated carbocycles. The van der Waals surface area contributed by atoms with Gasteiger partial charge in [0.1, 0.15) is 5.60 Å². The highest BCUT2D eigenvalue weighted by atomic mass is 16.6. The molecule has 0 aliphatic carbocycles. The van der Waals surface area contributed by atoms with E-state index < -0.39 is 11.7 Å². The third-order valence-electron chi connectivity index (χ3n) is 2.98. The molecule has 0 aliphatic rings. The van der Waals surface area contributed by atoms with E-state index in [-0.39, 0.29) is 6.04 Å². The van der Waals surface area contributed by atoms with Gasteiger partial charge in [-0.05, 0) is 45.4 Å². The Hall–Kier alpha value is -2.15. The predicted octanol–water partition coefficient (Wildman–Crippen LogP) is 2.80. The molecule has 7 nitrogen and oxygen atoms in total. The minimum atomic E-state index is -0.554. The van der Waals surface area contributed by atoms with Gasteiger partial charge in [0.2, 0.25) is 5.75 Å². The summed E-state index contributed by atoms with van der Waals surface area (Å²) in [4.78, 5) is 11.7. The van der Waals surface area contributed by atoms with Crippen molar-refractivity contribution < 1.29 is 23.7 Å². The van der Waals surface area contributed by atoms with Crippen LogP contribution in [-0.4, -0.2) is 33.0 Å². The minimum Gasteiger partial charge on any atom is -0.493 e. The molecule has 130 valence electrons. The molecule has 0 radical (unpaired) electrons. The Morgan fingerprint density at radius 3 is 1.96 bits per heavy atom. The number of hydrogen-bond donors (Lipinski definition) is 2. The van der Waals surface area contributed by atoms with Crippen LogP contribution < -0.4 is 25.1 Å². The molecular weight excluding hydrogens is 300 g/mol. The van der Waals surface area contributed by atoms with Gasteiger partial charge in [-0.2, -0.15) is 0 Å². The van der Waals surface area contributed by atoms with Crippen LogP contribution in [0.4, 0.5) is 4.79 Å². The highest BCUT2D eigenvalue weighted by Gasteiger charge is 2.19. The van der Waals surface area contributed by atoms with Crippen molar-refractivity contribution in [3.8, 4) is 17.2 Å². The number of methoxy groups -OCH3 is 3. The summed E-state index contributed by atoms with van der Waals surface area (Å²) in [6, 6.07) is 3.43. The Balaban J connectivity index is 2.84. The maximum absolute atomic E-state index is 11.7. The van der Waals surface area contributed by atoms with Crippen LogP contribution in [0.15, 0.2) is 12.1 Å². The van der Waals surface area contributed by atoms with Crippen LogP contribution in [0, 0.1) is 0 Å². The second-order valence-corrected chi connectivity index (χ2v) is 5.95. The molecular formula is C16H26N2O5. The number of amides is 1. The lowest BCUT2D eigenvalue weighted by Crippen LogP contribution is -2.42. The van der Waals surface area contributed by atoms with Crippen molar-refractivity contribution in [3.63, 3.8) is 0 Å². The van der Waals surface area contributed by atoms with Crippen molar-refractivity contribution in [2.45, 2.75) is 39.3 Å². The summed E-state index contributed by atoms with van der Waals surface area (Å²) in [5.74, 6) is 1.62. The number of hydrogen-bond acceptors (Lipinski definition) is 6. The molecule has 1 unspecified atom stereocenters. The van der Waals surface area contributed by atoms with Gasteiger partial charge in [0.25, 0.3) is 0 Å². The molecule has 7 heteroatoms. The Labute approximate surface area is 137 Å². The van der Waals surface area contributed by atoms with Gasteiger partial charge in [-0.15, -0.1) is 0 Å². The predicted molar refractivity (Wildman–Crippen MR) is 87.0 cm³/mol. The number of ether oxygens (including phenoxy) is 4. The SMILES string of the molecule is COc1cc(C(C)NNC(=O)OC(C)(C)C)cc(OC)c1OC. The molecule has 0 saturated heterocycles. The van der Waals surface area contributed by atoms with Crippen molar-refractivity contribution in [2.75, 3.05) is 21.3 Å². The molecule has 1 aromatic carbocycles. The number of rotatable bonds is 6. The molecule has 1 atom stereocenters. The average Bonchev–Trinajstić information content (AvgIpc) is 2.49. The fourth-order valence-corrected chi connectivity index (χ4v) is 1.91. The highest BCUT2D eigenvalue weighted by Crippen LogP contribution is 2.39. The van der Waals surface area contributed by atoms with Crippen LogP contribution in [0.2, 0.25) is 0 Å². The fraction of sp³-hybridized carbons (Fsp3) is 0.562. The van der Waals surface area contributed by atoms with E-state index >= 15 is 0 Å². The third-order valence-corrected chi connectivity index (χ3v) is 2.98. The summed E-state index contributed by atoms with van der Waals surface area (Å²) < 4.78 is 21.1. The molecule has 1 aromatic rings. The standard InChI is InChI=1S/C16H26N2O5/c1-10(17-18-15(19)23-16(2,3)4)11-8-12(20-5)14(22-7)13(9-11)21-6/h8-10,17H,1-7H3,(H,18,19). The first-order valence-corrected chi connectivity index (χ1v) is 7.26. The van der Waals surface area contributed by atoms with E-state index in [2.05, 4.69) is 10.9 Å². The summed E-state index contributed by atoms with van der Waals surface area (Å²) in [5, 5.41) is 0. The quantitative estimate of drug-likeness (QED) is 0.783.